The molecule has 0 amide bonds. The number of halogens is 1. The summed E-state index contributed by atoms with van der Waals surface area (Å²) in [6, 6.07) is 4.29. The van der Waals surface area contributed by atoms with Crippen molar-refractivity contribution in [2.75, 3.05) is 0 Å². The van der Waals surface area contributed by atoms with E-state index in [1.54, 1.807) is 11.3 Å². The Morgan fingerprint density at radius 1 is 1.50 bits per heavy atom. The Hall–Kier alpha value is -0.410. The maximum atomic E-state index is 4.27. The zero-order valence-corrected chi connectivity index (χ0v) is 9.08. The molecule has 0 aliphatic rings. The molecule has 1 nitrogen and oxygen atoms in total. The van der Waals surface area contributed by atoms with Crippen LogP contribution in [0.25, 0.3) is 10.2 Å². The number of aromatic nitrogens is 1. The van der Waals surface area contributed by atoms with Gasteiger partial charge in [0.1, 0.15) is 0 Å². The van der Waals surface area contributed by atoms with E-state index in [4.69, 9.17) is 0 Å². The van der Waals surface area contributed by atoms with E-state index < -0.39 is 0 Å². The minimum Gasteiger partial charge on any atom is -0.245 e. The first-order chi connectivity index (χ1) is 5.81. The second-order valence-electron chi connectivity index (χ2n) is 2.62. The molecule has 0 saturated carbocycles. The molecule has 0 radical (unpaired) electrons. The van der Waals surface area contributed by atoms with E-state index in [0.29, 0.717) is 0 Å². The summed E-state index contributed by atoms with van der Waals surface area (Å²) in [6.07, 6.45) is 1.05. The largest absolute Gasteiger partial charge is 0.245 e. The maximum Gasteiger partial charge on any atom is 0.0815 e. The fraction of sp³-hybridized carbons (Fsp3) is 0.222. The van der Waals surface area contributed by atoms with E-state index in [1.807, 2.05) is 5.51 Å². The molecule has 0 unspecified atom stereocenters. The van der Waals surface area contributed by atoms with E-state index in [1.165, 1.54) is 14.7 Å². The van der Waals surface area contributed by atoms with Gasteiger partial charge in [0.15, 0.2) is 0 Å². The van der Waals surface area contributed by atoms with Crippen LogP contribution < -0.4 is 0 Å². The van der Waals surface area contributed by atoms with Crippen molar-refractivity contribution >= 4 is 37.5 Å². The van der Waals surface area contributed by atoms with Crippen LogP contribution in [0.2, 0.25) is 0 Å². The molecule has 0 fully saturated rings. The van der Waals surface area contributed by atoms with Crippen molar-refractivity contribution in [2.24, 2.45) is 0 Å². The predicted octanol–water partition coefficient (Wildman–Crippen LogP) is 3.62. The fourth-order valence-electron chi connectivity index (χ4n) is 1.19. The van der Waals surface area contributed by atoms with Crippen molar-refractivity contribution in [3.8, 4) is 0 Å². The molecule has 0 aliphatic heterocycles. The van der Waals surface area contributed by atoms with Gasteiger partial charge < -0.3 is 0 Å². The maximum absolute atomic E-state index is 4.27. The van der Waals surface area contributed by atoms with Crippen LogP contribution in [0.15, 0.2) is 22.1 Å². The molecule has 62 valence electrons. The normalized spacial score (nSPS) is 10.8. The molecule has 1 aromatic heterocycles. The third-order valence-electron chi connectivity index (χ3n) is 1.88. The zero-order valence-electron chi connectivity index (χ0n) is 6.67. The second kappa shape index (κ2) is 3.15. The SMILES string of the molecule is CCc1cc2ncsc2cc1Br. The Morgan fingerprint density at radius 3 is 3.08 bits per heavy atom. The van der Waals surface area contributed by atoms with E-state index >= 15 is 0 Å². The number of hydrogen-bond acceptors (Lipinski definition) is 2. The van der Waals surface area contributed by atoms with Crippen LogP contribution in [0.5, 0.6) is 0 Å². The monoisotopic (exact) mass is 241 g/mol. The highest BCUT2D eigenvalue weighted by molar-refractivity contribution is 9.10. The number of nitrogens with zero attached hydrogens (tertiary/aromatic N) is 1. The highest BCUT2D eigenvalue weighted by Gasteiger charge is 2.02. The van der Waals surface area contributed by atoms with Crippen LogP contribution in [-0.2, 0) is 6.42 Å². The molecule has 12 heavy (non-hydrogen) atoms. The Bertz CT molecular complexity index is 408. The average Bonchev–Trinajstić information content (AvgIpc) is 2.49. The first kappa shape index (κ1) is 8.20. The number of benzene rings is 1. The lowest BCUT2D eigenvalue weighted by molar-refractivity contribution is 1.13. The Morgan fingerprint density at radius 2 is 2.33 bits per heavy atom. The Kier molecular flexibility index (Phi) is 2.15. The summed E-state index contributed by atoms with van der Waals surface area (Å²) in [7, 11) is 0. The lowest BCUT2D eigenvalue weighted by Gasteiger charge is -1.99. The molecule has 2 aromatic rings. The van der Waals surface area contributed by atoms with Crippen molar-refractivity contribution in [3.63, 3.8) is 0 Å². The van der Waals surface area contributed by atoms with Gasteiger partial charge >= 0.3 is 0 Å². The van der Waals surface area contributed by atoms with Crippen molar-refractivity contribution < 1.29 is 0 Å². The summed E-state index contributed by atoms with van der Waals surface area (Å²) in [5, 5.41) is 0. The van der Waals surface area contributed by atoms with Crippen LogP contribution >= 0.6 is 27.3 Å². The van der Waals surface area contributed by atoms with Crippen molar-refractivity contribution in [1.29, 1.82) is 0 Å². The van der Waals surface area contributed by atoms with Gasteiger partial charge in [0.25, 0.3) is 0 Å². The first-order valence-electron chi connectivity index (χ1n) is 3.83. The van der Waals surface area contributed by atoms with Crippen LogP contribution in [0, 0.1) is 0 Å². The van der Waals surface area contributed by atoms with Gasteiger partial charge in [-0.05, 0) is 24.1 Å². The van der Waals surface area contributed by atoms with E-state index in [2.05, 4.69) is 40.0 Å². The summed E-state index contributed by atoms with van der Waals surface area (Å²) in [5.74, 6) is 0. The van der Waals surface area contributed by atoms with Crippen LogP contribution in [-0.4, -0.2) is 4.98 Å². The molecule has 0 atom stereocenters. The minimum atomic E-state index is 1.05. The highest BCUT2D eigenvalue weighted by Crippen LogP contribution is 2.26. The molecule has 0 bridgehead atoms. The van der Waals surface area contributed by atoms with Gasteiger partial charge in [0.2, 0.25) is 0 Å². The predicted molar refractivity (Wildman–Crippen MR) is 56.7 cm³/mol. The van der Waals surface area contributed by atoms with Gasteiger partial charge in [0.05, 0.1) is 15.7 Å². The van der Waals surface area contributed by atoms with Gasteiger partial charge in [-0.15, -0.1) is 11.3 Å². The molecule has 1 aromatic carbocycles. The molecule has 1 heterocycles. The first-order valence-corrected chi connectivity index (χ1v) is 5.50. The van der Waals surface area contributed by atoms with Gasteiger partial charge in [-0.2, -0.15) is 0 Å². The third kappa shape index (κ3) is 1.27. The lowest BCUT2D eigenvalue weighted by Crippen LogP contribution is -1.81. The molecule has 0 aliphatic carbocycles. The number of hydrogen-bond donors (Lipinski definition) is 0. The van der Waals surface area contributed by atoms with Crippen LogP contribution in [0.1, 0.15) is 12.5 Å². The van der Waals surface area contributed by atoms with Gasteiger partial charge in [-0.25, -0.2) is 4.98 Å². The number of rotatable bonds is 1. The smallest absolute Gasteiger partial charge is 0.0815 e. The molecule has 3 heteroatoms. The molecule has 0 saturated heterocycles. The summed E-state index contributed by atoms with van der Waals surface area (Å²) < 4.78 is 2.45. The van der Waals surface area contributed by atoms with Crippen LogP contribution in [0.4, 0.5) is 0 Å². The molecule has 2 rings (SSSR count). The molecular formula is C9H8BrNS. The van der Waals surface area contributed by atoms with Gasteiger partial charge in [-0.1, -0.05) is 22.9 Å². The standard InChI is InChI=1S/C9H8BrNS/c1-2-6-3-8-9(4-7(6)10)12-5-11-8/h3-5H,2H2,1H3. The number of fused-ring (bicyclic) bond motifs is 1. The highest BCUT2D eigenvalue weighted by atomic mass is 79.9. The summed E-state index contributed by atoms with van der Waals surface area (Å²) in [4.78, 5) is 4.27. The number of thiazole rings is 1. The lowest BCUT2D eigenvalue weighted by atomic mass is 10.2. The van der Waals surface area contributed by atoms with E-state index in [9.17, 15) is 0 Å². The molecular weight excluding hydrogens is 234 g/mol. The Labute approximate surface area is 83.6 Å². The Balaban J connectivity index is 2.73. The summed E-state index contributed by atoms with van der Waals surface area (Å²) >= 11 is 5.22. The quantitative estimate of drug-likeness (QED) is 0.744. The van der Waals surface area contributed by atoms with Crippen molar-refractivity contribution in [1.82, 2.24) is 4.98 Å². The molecule has 0 N–H and O–H groups in total. The topological polar surface area (TPSA) is 12.9 Å². The van der Waals surface area contributed by atoms with Crippen LogP contribution in [0.3, 0.4) is 0 Å². The van der Waals surface area contributed by atoms with Gasteiger partial charge in [-0.3, -0.25) is 0 Å². The third-order valence-corrected chi connectivity index (χ3v) is 3.41. The molecule has 0 spiro atoms. The van der Waals surface area contributed by atoms with Crippen molar-refractivity contribution in [3.05, 3.63) is 27.7 Å². The van der Waals surface area contributed by atoms with Crippen molar-refractivity contribution in [2.45, 2.75) is 13.3 Å². The van der Waals surface area contributed by atoms with E-state index in [-0.39, 0.29) is 0 Å². The number of aryl methyl sites for hydroxylation is 1. The average molecular weight is 242 g/mol. The summed E-state index contributed by atoms with van der Waals surface area (Å²) in [5.41, 5.74) is 4.32. The second-order valence-corrected chi connectivity index (χ2v) is 4.36. The van der Waals surface area contributed by atoms with E-state index in [0.717, 1.165) is 11.9 Å². The minimum absolute atomic E-state index is 1.05. The zero-order chi connectivity index (χ0) is 8.55. The van der Waals surface area contributed by atoms with Gasteiger partial charge in [0, 0.05) is 4.47 Å². The fourth-order valence-corrected chi connectivity index (χ4v) is 2.67. The summed E-state index contributed by atoms with van der Waals surface area (Å²) in [6.45, 7) is 2.15.